The number of likely N-dealkylation sites (N-methyl/N-ethyl adjacent to an activating group) is 2. The van der Waals surface area contributed by atoms with Crippen LogP contribution in [-0.4, -0.2) is 43.2 Å². The molecule has 0 heterocycles. The minimum atomic E-state index is -0.0144. The number of phenolic OH excluding ortho intramolecular Hbond substituents is 1. The minimum absolute atomic E-state index is 0.0144. The van der Waals surface area contributed by atoms with Crippen molar-refractivity contribution in [3.8, 4) is 11.5 Å². The maximum Gasteiger partial charge on any atom is 0.233 e. The standard InChI is InChI=1S/C14H22N2O3/c1-5-16(9-14(18)15-3)10(2)11-6-7-12(17)13(8-11)19-4/h6-8,10,17H,5,9H2,1-4H3,(H,15,18). The molecule has 1 atom stereocenters. The zero-order chi connectivity index (χ0) is 14.4. The Kier molecular flexibility index (Phi) is 5.63. The molecule has 5 heteroatoms. The van der Waals surface area contributed by atoms with Crippen LogP contribution in [0.5, 0.6) is 11.5 Å². The molecule has 0 fully saturated rings. The van der Waals surface area contributed by atoms with Gasteiger partial charge in [0.05, 0.1) is 13.7 Å². The third-order valence-corrected chi connectivity index (χ3v) is 3.27. The third kappa shape index (κ3) is 3.86. The van der Waals surface area contributed by atoms with Gasteiger partial charge < -0.3 is 15.2 Å². The van der Waals surface area contributed by atoms with Crippen molar-refractivity contribution in [2.75, 3.05) is 27.2 Å². The van der Waals surface area contributed by atoms with E-state index in [1.807, 2.05) is 24.8 Å². The summed E-state index contributed by atoms with van der Waals surface area (Å²) in [5.41, 5.74) is 1.00. The smallest absolute Gasteiger partial charge is 0.233 e. The summed E-state index contributed by atoms with van der Waals surface area (Å²) in [5, 5.41) is 12.2. The van der Waals surface area contributed by atoms with Crippen LogP contribution in [0.2, 0.25) is 0 Å². The van der Waals surface area contributed by atoms with Gasteiger partial charge in [0.25, 0.3) is 0 Å². The summed E-state index contributed by atoms with van der Waals surface area (Å²) in [4.78, 5) is 13.5. The second-order valence-corrected chi connectivity index (χ2v) is 4.34. The predicted molar refractivity (Wildman–Crippen MR) is 74.4 cm³/mol. The molecule has 106 valence electrons. The first-order valence-electron chi connectivity index (χ1n) is 6.35. The molecular weight excluding hydrogens is 244 g/mol. The van der Waals surface area contributed by atoms with Crippen LogP contribution >= 0.6 is 0 Å². The zero-order valence-corrected chi connectivity index (χ0v) is 11.9. The van der Waals surface area contributed by atoms with E-state index in [-0.39, 0.29) is 17.7 Å². The van der Waals surface area contributed by atoms with Crippen molar-refractivity contribution < 1.29 is 14.6 Å². The van der Waals surface area contributed by atoms with E-state index in [9.17, 15) is 9.90 Å². The Morgan fingerprint density at radius 3 is 2.74 bits per heavy atom. The normalized spacial score (nSPS) is 12.3. The number of nitrogens with zero attached hydrogens (tertiary/aromatic N) is 1. The minimum Gasteiger partial charge on any atom is -0.504 e. The van der Waals surface area contributed by atoms with Crippen molar-refractivity contribution in [3.63, 3.8) is 0 Å². The van der Waals surface area contributed by atoms with Crippen LogP contribution in [0.1, 0.15) is 25.5 Å². The second-order valence-electron chi connectivity index (χ2n) is 4.34. The van der Waals surface area contributed by atoms with Gasteiger partial charge in [0, 0.05) is 13.1 Å². The Bertz CT molecular complexity index is 435. The van der Waals surface area contributed by atoms with Gasteiger partial charge in [0.1, 0.15) is 0 Å². The van der Waals surface area contributed by atoms with Gasteiger partial charge in [-0.3, -0.25) is 9.69 Å². The number of carbonyl (C=O) groups excluding carboxylic acids is 1. The van der Waals surface area contributed by atoms with Gasteiger partial charge in [0.15, 0.2) is 11.5 Å². The number of carbonyl (C=O) groups is 1. The van der Waals surface area contributed by atoms with E-state index in [4.69, 9.17) is 4.74 Å². The van der Waals surface area contributed by atoms with Crippen molar-refractivity contribution >= 4 is 5.91 Å². The summed E-state index contributed by atoms with van der Waals surface area (Å²) in [6.45, 7) is 5.14. The lowest BCUT2D eigenvalue weighted by Gasteiger charge is -2.27. The molecule has 0 saturated carbocycles. The average Bonchev–Trinajstić information content (AvgIpc) is 2.44. The number of benzene rings is 1. The highest BCUT2D eigenvalue weighted by Gasteiger charge is 2.18. The van der Waals surface area contributed by atoms with Gasteiger partial charge >= 0.3 is 0 Å². The summed E-state index contributed by atoms with van der Waals surface area (Å²) in [5.74, 6) is 0.549. The van der Waals surface area contributed by atoms with Gasteiger partial charge in [-0.25, -0.2) is 0 Å². The number of rotatable bonds is 6. The molecule has 0 aromatic heterocycles. The third-order valence-electron chi connectivity index (χ3n) is 3.27. The van der Waals surface area contributed by atoms with Crippen molar-refractivity contribution in [3.05, 3.63) is 23.8 Å². The number of amides is 1. The molecule has 0 spiro atoms. The first-order chi connectivity index (χ1) is 9.03. The maximum absolute atomic E-state index is 11.5. The van der Waals surface area contributed by atoms with E-state index in [0.717, 1.165) is 12.1 Å². The van der Waals surface area contributed by atoms with Gasteiger partial charge in [-0.15, -0.1) is 0 Å². The predicted octanol–water partition coefficient (Wildman–Crippen LogP) is 1.53. The fourth-order valence-electron chi connectivity index (χ4n) is 1.95. The molecule has 5 nitrogen and oxygen atoms in total. The van der Waals surface area contributed by atoms with E-state index in [0.29, 0.717) is 12.3 Å². The van der Waals surface area contributed by atoms with Crippen molar-refractivity contribution in [2.45, 2.75) is 19.9 Å². The van der Waals surface area contributed by atoms with E-state index >= 15 is 0 Å². The lowest BCUT2D eigenvalue weighted by atomic mass is 10.1. The molecule has 0 aliphatic heterocycles. The SMILES string of the molecule is CCN(CC(=O)NC)C(C)c1ccc(O)c(OC)c1. The number of phenols is 1. The summed E-state index contributed by atoms with van der Waals surface area (Å²) in [6.07, 6.45) is 0. The molecule has 1 amide bonds. The molecule has 0 aliphatic rings. The summed E-state index contributed by atoms with van der Waals surface area (Å²) in [7, 11) is 3.15. The van der Waals surface area contributed by atoms with Crippen molar-refractivity contribution in [2.24, 2.45) is 0 Å². The van der Waals surface area contributed by atoms with Crippen molar-refractivity contribution in [1.29, 1.82) is 0 Å². The Balaban J connectivity index is 2.90. The van der Waals surface area contributed by atoms with Crippen LogP contribution in [0.3, 0.4) is 0 Å². The van der Waals surface area contributed by atoms with E-state index in [1.54, 1.807) is 19.2 Å². The number of nitrogens with one attached hydrogen (secondary N) is 1. The molecular formula is C14H22N2O3. The van der Waals surface area contributed by atoms with Gasteiger partial charge in [-0.05, 0) is 31.2 Å². The number of aromatic hydroxyl groups is 1. The summed E-state index contributed by atoms with van der Waals surface area (Å²) in [6, 6.07) is 5.32. The fraction of sp³-hybridized carbons (Fsp3) is 0.500. The van der Waals surface area contributed by atoms with Gasteiger partial charge in [-0.2, -0.15) is 0 Å². The zero-order valence-electron chi connectivity index (χ0n) is 11.9. The molecule has 0 aliphatic carbocycles. The van der Waals surface area contributed by atoms with Crippen LogP contribution in [0.15, 0.2) is 18.2 Å². The monoisotopic (exact) mass is 266 g/mol. The summed E-state index contributed by atoms with van der Waals surface area (Å²) >= 11 is 0. The van der Waals surface area contributed by atoms with Crippen LogP contribution in [-0.2, 0) is 4.79 Å². The van der Waals surface area contributed by atoms with Crippen LogP contribution in [0.4, 0.5) is 0 Å². The molecule has 0 saturated heterocycles. The molecule has 1 aromatic rings. The number of hydrogen-bond acceptors (Lipinski definition) is 4. The molecule has 1 rings (SSSR count). The van der Waals surface area contributed by atoms with Gasteiger partial charge in [-0.1, -0.05) is 13.0 Å². The highest BCUT2D eigenvalue weighted by Crippen LogP contribution is 2.30. The summed E-state index contributed by atoms with van der Waals surface area (Å²) < 4.78 is 5.10. The van der Waals surface area contributed by atoms with E-state index in [1.165, 1.54) is 7.11 Å². The topological polar surface area (TPSA) is 61.8 Å². The molecule has 1 unspecified atom stereocenters. The largest absolute Gasteiger partial charge is 0.504 e. The molecule has 2 N–H and O–H groups in total. The first kappa shape index (κ1) is 15.3. The molecule has 0 radical (unpaired) electrons. The number of hydrogen-bond donors (Lipinski definition) is 2. The van der Waals surface area contributed by atoms with Crippen LogP contribution < -0.4 is 10.1 Å². The number of ether oxygens (including phenoxy) is 1. The van der Waals surface area contributed by atoms with Crippen LogP contribution in [0, 0.1) is 0 Å². The average molecular weight is 266 g/mol. The molecule has 0 bridgehead atoms. The molecule has 1 aromatic carbocycles. The Hall–Kier alpha value is -1.75. The fourth-order valence-corrected chi connectivity index (χ4v) is 1.95. The van der Waals surface area contributed by atoms with Crippen LogP contribution in [0.25, 0.3) is 0 Å². The van der Waals surface area contributed by atoms with Crippen molar-refractivity contribution in [1.82, 2.24) is 10.2 Å². The Morgan fingerprint density at radius 2 is 2.21 bits per heavy atom. The number of methoxy groups -OCH3 is 1. The lowest BCUT2D eigenvalue weighted by Crippen LogP contribution is -2.37. The second kappa shape index (κ2) is 6.99. The Labute approximate surface area is 114 Å². The van der Waals surface area contributed by atoms with Gasteiger partial charge in [0.2, 0.25) is 5.91 Å². The highest BCUT2D eigenvalue weighted by molar-refractivity contribution is 5.77. The van der Waals surface area contributed by atoms with E-state index in [2.05, 4.69) is 5.32 Å². The maximum atomic E-state index is 11.5. The van der Waals surface area contributed by atoms with E-state index < -0.39 is 0 Å². The lowest BCUT2D eigenvalue weighted by molar-refractivity contribution is -0.122. The quantitative estimate of drug-likeness (QED) is 0.819. The Morgan fingerprint density at radius 1 is 1.53 bits per heavy atom. The molecule has 19 heavy (non-hydrogen) atoms. The highest BCUT2D eigenvalue weighted by atomic mass is 16.5. The first-order valence-corrected chi connectivity index (χ1v) is 6.35.